The van der Waals surface area contributed by atoms with Gasteiger partial charge >= 0.3 is 0 Å². The highest BCUT2D eigenvalue weighted by atomic mass is 19.1. The molecule has 1 N–H and O–H groups in total. The molecule has 4 nitrogen and oxygen atoms in total. The molecular formula is C24H30FN3O. The summed E-state index contributed by atoms with van der Waals surface area (Å²) in [6, 6.07) is 7.28. The lowest BCUT2D eigenvalue weighted by atomic mass is 9.92. The Morgan fingerprint density at radius 3 is 2.69 bits per heavy atom. The minimum Gasteiger partial charge on any atom is -0.384 e. The van der Waals surface area contributed by atoms with Crippen molar-refractivity contribution in [3.05, 3.63) is 64.9 Å². The van der Waals surface area contributed by atoms with Gasteiger partial charge in [-0.1, -0.05) is 13.3 Å². The van der Waals surface area contributed by atoms with E-state index < -0.39 is 5.60 Å². The van der Waals surface area contributed by atoms with Crippen molar-refractivity contribution in [1.29, 1.82) is 0 Å². The third kappa shape index (κ3) is 3.47. The second kappa shape index (κ2) is 7.54. The average molecular weight is 396 g/mol. The Morgan fingerprint density at radius 2 is 2.00 bits per heavy atom. The highest BCUT2D eigenvalue weighted by molar-refractivity contribution is 5.89. The Balaban J connectivity index is 1.93. The molecule has 1 aliphatic heterocycles. The van der Waals surface area contributed by atoms with Crippen molar-refractivity contribution in [2.24, 2.45) is 0 Å². The molecule has 2 aromatic heterocycles. The van der Waals surface area contributed by atoms with Gasteiger partial charge in [0.2, 0.25) is 0 Å². The van der Waals surface area contributed by atoms with Crippen molar-refractivity contribution in [2.75, 3.05) is 13.6 Å². The predicted molar refractivity (Wildman–Crippen MR) is 114 cm³/mol. The van der Waals surface area contributed by atoms with Crippen LogP contribution in [0, 0.1) is 12.7 Å². The van der Waals surface area contributed by atoms with E-state index in [1.54, 1.807) is 24.5 Å². The van der Waals surface area contributed by atoms with Crippen LogP contribution in [0.5, 0.6) is 0 Å². The molecule has 0 fully saturated rings. The Hall–Kier alpha value is -2.24. The van der Waals surface area contributed by atoms with E-state index in [2.05, 4.69) is 28.4 Å². The fraction of sp³-hybridized carbons (Fsp3) is 0.458. The Labute approximate surface area is 172 Å². The average Bonchev–Trinajstić information content (AvgIpc) is 2.98. The molecule has 0 amide bonds. The van der Waals surface area contributed by atoms with Crippen molar-refractivity contribution in [1.82, 2.24) is 14.5 Å². The maximum atomic E-state index is 14.4. The van der Waals surface area contributed by atoms with E-state index in [1.807, 2.05) is 26.0 Å². The highest BCUT2D eigenvalue weighted by Crippen LogP contribution is 2.42. The summed E-state index contributed by atoms with van der Waals surface area (Å²) in [4.78, 5) is 6.46. The van der Waals surface area contributed by atoms with Gasteiger partial charge in [-0.05, 0) is 68.3 Å². The van der Waals surface area contributed by atoms with Crippen LogP contribution in [0.3, 0.4) is 0 Å². The summed E-state index contributed by atoms with van der Waals surface area (Å²) in [6.07, 6.45) is 6.43. The van der Waals surface area contributed by atoms with Crippen molar-refractivity contribution >= 4 is 10.9 Å². The molecule has 0 aliphatic carbocycles. The summed E-state index contributed by atoms with van der Waals surface area (Å²) in [5.41, 5.74) is 4.22. The molecule has 0 saturated carbocycles. The molecule has 3 heterocycles. The zero-order chi connectivity index (χ0) is 20.8. The number of halogens is 1. The number of benzene rings is 1. The Bertz CT molecular complexity index is 1030. The number of pyridine rings is 1. The second-order valence-electron chi connectivity index (χ2n) is 8.61. The monoisotopic (exact) mass is 395 g/mol. The van der Waals surface area contributed by atoms with Gasteiger partial charge < -0.3 is 9.67 Å². The van der Waals surface area contributed by atoms with Crippen LogP contribution in [0.2, 0.25) is 0 Å². The lowest BCUT2D eigenvalue weighted by Crippen LogP contribution is -2.34. The van der Waals surface area contributed by atoms with E-state index in [0.717, 1.165) is 47.8 Å². The Morgan fingerprint density at radius 1 is 1.28 bits per heavy atom. The molecular weight excluding hydrogens is 365 g/mol. The van der Waals surface area contributed by atoms with Crippen LogP contribution >= 0.6 is 0 Å². The van der Waals surface area contributed by atoms with Gasteiger partial charge in [0.25, 0.3) is 0 Å². The van der Waals surface area contributed by atoms with Crippen molar-refractivity contribution < 1.29 is 9.50 Å². The third-order valence-electron chi connectivity index (χ3n) is 6.36. The van der Waals surface area contributed by atoms with Crippen molar-refractivity contribution in [2.45, 2.75) is 58.2 Å². The van der Waals surface area contributed by atoms with Crippen LogP contribution < -0.4 is 0 Å². The van der Waals surface area contributed by atoms with Crippen molar-refractivity contribution in [3.63, 3.8) is 0 Å². The molecule has 154 valence electrons. The number of aromatic nitrogens is 2. The molecule has 2 atom stereocenters. The smallest absolute Gasteiger partial charge is 0.124 e. The SMILES string of the molecule is CCCC1c2c(n(CC(C)(O)c3ccncc3)c3c(C)cc(F)cc23)CCN1C. The van der Waals surface area contributed by atoms with Gasteiger partial charge in [-0.25, -0.2) is 4.39 Å². The number of hydrogen-bond donors (Lipinski definition) is 1. The van der Waals surface area contributed by atoms with Crippen LogP contribution in [-0.4, -0.2) is 33.1 Å². The van der Waals surface area contributed by atoms with E-state index in [4.69, 9.17) is 0 Å². The zero-order valence-corrected chi connectivity index (χ0v) is 17.7. The Kier molecular flexibility index (Phi) is 5.21. The first kappa shape index (κ1) is 20.0. The fourth-order valence-corrected chi connectivity index (χ4v) is 4.96. The molecule has 1 aliphatic rings. The first-order chi connectivity index (χ1) is 13.8. The first-order valence-electron chi connectivity index (χ1n) is 10.5. The van der Waals surface area contributed by atoms with E-state index in [9.17, 15) is 9.50 Å². The molecule has 0 radical (unpaired) electrons. The maximum Gasteiger partial charge on any atom is 0.124 e. The summed E-state index contributed by atoms with van der Waals surface area (Å²) in [7, 11) is 2.16. The normalized spacial score (nSPS) is 19.3. The summed E-state index contributed by atoms with van der Waals surface area (Å²) in [5.74, 6) is -0.195. The summed E-state index contributed by atoms with van der Waals surface area (Å²) in [6.45, 7) is 7.40. The van der Waals surface area contributed by atoms with Gasteiger partial charge in [-0.3, -0.25) is 9.88 Å². The standard InChI is InChI=1S/C24H30FN3O/c1-5-6-20-22-19-14-18(25)13-16(2)23(19)28(21(22)9-12-27(20)4)15-24(3,29)17-7-10-26-11-8-17/h7-8,10-11,13-14,20,29H,5-6,9,12,15H2,1-4H3. The zero-order valence-electron chi connectivity index (χ0n) is 17.7. The topological polar surface area (TPSA) is 41.3 Å². The minimum absolute atomic E-state index is 0.195. The number of aliphatic hydroxyl groups is 1. The number of rotatable bonds is 5. The summed E-state index contributed by atoms with van der Waals surface area (Å²) >= 11 is 0. The van der Waals surface area contributed by atoms with E-state index in [1.165, 1.54) is 11.3 Å². The quantitative estimate of drug-likeness (QED) is 0.680. The number of nitrogens with zero attached hydrogens (tertiary/aromatic N) is 3. The number of fused-ring (bicyclic) bond motifs is 3. The van der Waals surface area contributed by atoms with Gasteiger partial charge in [0, 0.05) is 42.5 Å². The number of aryl methyl sites for hydroxylation is 1. The van der Waals surface area contributed by atoms with Crippen LogP contribution in [0.15, 0.2) is 36.7 Å². The van der Waals surface area contributed by atoms with E-state index in [0.29, 0.717) is 6.54 Å². The van der Waals surface area contributed by atoms with Gasteiger partial charge in [-0.2, -0.15) is 0 Å². The molecule has 3 aromatic rings. The molecule has 2 unspecified atom stereocenters. The molecule has 0 bridgehead atoms. The van der Waals surface area contributed by atoms with Crippen LogP contribution in [-0.2, 0) is 18.6 Å². The fourth-order valence-electron chi connectivity index (χ4n) is 4.96. The van der Waals surface area contributed by atoms with Gasteiger partial charge in [0.1, 0.15) is 11.4 Å². The van der Waals surface area contributed by atoms with E-state index in [-0.39, 0.29) is 11.9 Å². The number of likely N-dealkylation sites (N-methyl/N-ethyl adjacent to an activating group) is 1. The molecule has 0 spiro atoms. The molecule has 4 rings (SSSR count). The van der Waals surface area contributed by atoms with Crippen LogP contribution in [0.4, 0.5) is 4.39 Å². The summed E-state index contributed by atoms with van der Waals surface area (Å²) < 4.78 is 16.7. The van der Waals surface area contributed by atoms with Gasteiger partial charge in [-0.15, -0.1) is 0 Å². The molecule has 0 saturated heterocycles. The minimum atomic E-state index is -1.05. The predicted octanol–water partition coefficient (Wildman–Crippen LogP) is 4.72. The lowest BCUT2D eigenvalue weighted by molar-refractivity contribution is 0.0382. The lowest BCUT2D eigenvalue weighted by Gasteiger charge is -2.34. The van der Waals surface area contributed by atoms with Crippen molar-refractivity contribution in [3.8, 4) is 0 Å². The highest BCUT2D eigenvalue weighted by Gasteiger charge is 2.33. The molecule has 1 aromatic carbocycles. The van der Waals surface area contributed by atoms with Crippen LogP contribution in [0.1, 0.15) is 55.1 Å². The van der Waals surface area contributed by atoms with Gasteiger partial charge in [0.15, 0.2) is 0 Å². The van der Waals surface area contributed by atoms with Gasteiger partial charge in [0.05, 0.1) is 12.1 Å². The third-order valence-corrected chi connectivity index (χ3v) is 6.36. The molecule has 5 heteroatoms. The second-order valence-corrected chi connectivity index (χ2v) is 8.61. The first-order valence-corrected chi connectivity index (χ1v) is 10.5. The van der Waals surface area contributed by atoms with E-state index >= 15 is 0 Å². The van der Waals surface area contributed by atoms with Crippen LogP contribution in [0.25, 0.3) is 10.9 Å². The largest absolute Gasteiger partial charge is 0.384 e. The maximum absolute atomic E-state index is 14.4. The number of hydrogen-bond acceptors (Lipinski definition) is 3. The molecule has 29 heavy (non-hydrogen) atoms. The summed E-state index contributed by atoms with van der Waals surface area (Å²) in [5, 5.41) is 12.3.